The number of halogens is 1. The van der Waals surface area contributed by atoms with E-state index in [4.69, 9.17) is 5.11 Å². The van der Waals surface area contributed by atoms with Crippen LogP contribution in [-0.2, 0) is 7.05 Å². The monoisotopic (exact) mass is 246 g/mol. The third-order valence-electron chi connectivity index (χ3n) is 1.78. The van der Waals surface area contributed by atoms with E-state index in [1.165, 1.54) is 0 Å². The molecule has 0 fully saturated rings. The Labute approximate surface area is 84.7 Å². The van der Waals surface area contributed by atoms with E-state index in [1.54, 1.807) is 11.6 Å². The molecule has 0 bridgehead atoms. The van der Waals surface area contributed by atoms with Gasteiger partial charge in [-0.1, -0.05) is 13.8 Å². The number of nitrogens with zero attached hydrogens (tertiary/aromatic N) is 2. The molecule has 72 valence electrons. The molecule has 0 saturated heterocycles. The molecule has 0 aliphatic rings. The molecule has 1 heterocycles. The standard InChI is InChI=1S/C8H11BrN2O2/c1-4(2)7-10-5(8(12)13)6(9)11(7)3/h4H,1-3H3,(H,12,13). The van der Waals surface area contributed by atoms with Gasteiger partial charge in [-0.05, 0) is 15.9 Å². The highest BCUT2D eigenvalue weighted by Crippen LogP contribution is 2.22. The number of rotatable bonds is 2. The highest BCUT2D eigenvalue weighted by atomic mass is 79.9. The second kappa shape index (κ2) is 3.49. The van der Waals surface area contributed by atoms with Gasteiger partial charge in [-0.25, -0.2) is 9.78 Å². The van der Waals surface area contributed by atoms with Crippen LogP contribution in [-0.4, -0.2) is 20.6 Å². The van der Waals surface area contributed by atoms with Crippen molar-refractivity contribution in [3.63, 3.8) is 0 Å². The van der Waals surface area contributed by atoms with Crippen LogP contribution in [0.2, 0.25) is 0 Å². The number of hydrogen-bond donors (Lipinski definition) is 1. The molecular weight excluding hydrogens is 236 g/mol. The molecular formula is C8H11BrN2O2. The number of carbonyl (C=O) groups is 1. The van der Waals surface area contributed by atoms with Crippen LogP contribution < -0.4 is 0 Å². The second-order valence-electron chi connectivity index (χ2n) is 3.13. The number of imidazole rings is 1. The molecule has 0 radical (unpaired) electrons. The van der Waals surface area contributed by atoms with Crippen LogP contribution in [0.1, 0.15) is 36.1 Å². The lowest BCUT2D eigenvalue weighted by Crippen LogP contribution is -1.99. The van der Waals surface area contributed by atoms with Crippen molar-refractivity contribution in [3.8, 4) is 0 Å². The zero-order valence-electron chi connectivity index (χ0n) is 7.71. The lowest BCUT2D eigenvalue weighted by Gasteiger charge is -2.03. The fourth-order valence-electron chi connectivity index (χ4n) is 1.15. The number of aromatic carboxylic acids is 1. The van der Waals surface area contributed by atoms with Crippen molar-refractivity contribution in [2.24, 2.45) is 7.05 Å². The molecule has 0 spiro atoms. The van der Waals surface area contributed by atoms with Crippen molar-refractivity contribution in [2.45, 2.75) is 19.8 Å². The molecule has 4 nitrogen and oxygen atoms in total. The maximum atomic E-state index is 10.7. The first-order valence-electron chi connectivity index (χ1n) is 3.90. The highest BCUT2D eigenvalue weighted by Gasteiger charge is 2.19. The van der Waals surface area contributed by atoms with Crippen molar-refractivity contribution < 1.29 is 9.90 Å². The fraction of sp³-hybridized carbons (Fsp3) is 0.500. The van der Waals surface area contributed by atoms with E-state index in [0.717, 1.165) is 5.82 Å². The van der Waals surface area contributed by atoms with Crippen molar-refractivity contribution in [3.05, 3.63) is 16.1 Å². The van der Waals surface area contributed by atoms with Gasteiger partial charge in [0.25, 0.3) is 0 Å². The van der Waals surface area contributed by atoms with E-state index in [2.05, 4.69) is 20.9 Å². The average Bonchev–Trinajstić information content (AvgIpc) is 2.29. The van der Waals surface area contributed by atoms with Crippen LogP contribution in [0.3, 0.4) is 0 Å². The minimum absolute atomic E-state index is 0.0752. The number of carboxylic acids is 1. The Morgan fingerprint density at radius 1 is 1.62 bits per heavy atom. The Kier molecular flexibility index (Phi) is 2.75. The molecule has 1 aromatic heterocycles. The smallest absolute Gasteiger partial charge is 0.357 e. The van der Waals surface area contributed by atoms with Gasteiger partial charge in [0.05, 0.1) is 0 Å². The van der Waals surface area contributed by atoms with Crippen molar-refractivity contribution in [1.82, 2.24) is 9.55 Å². The van der Waals surface area contributed by atoms with Gasteiger partial charge >= 0.3 is 5.97 Å². The normalized spacial score (nSPS) is 10.8. The minimum Gasteiger partial charge on any atom is -0.476 e. The van der Waals surface area contributed by atoms with E-state index in [0.29, 0.717) is 4.60 Å². The summed E-state index contributed by atoms with van der Waals surface area (Å²) >= 11 is 3.19. The Hall–Kier alpha value is -0.840. The third kappa shape index (κ3) is 1.75. The largest absolute Gasteiger partial charge is 0.476 e. The summed E-state index contributed by atoms with van der Waals surface area (Å²) in [6.07, 6.45) is 0. The molecule has 1 aromatic rings. The highest BCUT2D eigenvalue weighted by molar-refractivity contribution is 9.10. The molecule has 0 aliphatic heterocycles. The molecule has 0 unspecified atom stereocenters. The van der Waals surface area contributed by atoms with Crippen LogP contribution in [0, 0.1) is 0 Å². The minimum atomic E-state index is -1.01. The number of hydrogen-bond acceptors (Lipinski definition) is 2. The van der Waals surface area contributed by atoms with Gasteiger partial charge in [-0.3, -0.25) is 0 Å². The zero-order chi connectivity index (χ0) is 10.2. The van der Waals surface area contributed by atoms with Gasteiger partial charge in [-0.15, -0.1) is 0 Å². The van der Waals surface area contributed by atoms with Crippen LogP contribution in [0.5, 0.6) is 0 Å². The number of aromatic nitrogens is 2. The fourth-order valence-corrected chi connectivity index (χ4v) is 1.59. The molecule has 0 aliphatic carbocycles. The van der Waals surface area contributed by atoms with E-state index < -0.39 is 5.97 Å². The molecule has 5 heteroatoms. The predicted octanol–water partition coefficient (Wildman–Crippen LogP) is 2.00. The van der Waals surface area contributed by atoms with Crippen LogP contribution in [0.15, 0.2) is 4.60 Å². The van der Waals surface area contributed by atoms with Gasteiger partial charge in [-0.2, -0.15) is 0 Å². The van der Waals surface area contributed by atoms with E-state index >= 15 is 0 Å². The van der Waals surface area contributed by atoms with Crippen molar-refractivity contribution in [2.75, 3.05) is 0 Å². The molecule has 0 amide bonds. The summed E-state index contributed by atoms with van der Waals surface area (Å²) in [7, 11) is 1.79. The first-order chi connectivity index (χ1) is 5.95. The van der Waals surface area contributed by atoms with E-state index in [1.807, 2.05) is 13.8 Å². The first kappa shape index (κ1) is 10.2. The zero-order valence-corrected chi connectivity index (χ0v) is 9.29. The van der Waals surface area contributed by atoms with Gasteiger partial charge in [0, 0.05) is 13.0 Å². The van der Waals surface area contributed by atoms with Gasteiger partial charge in [0.15, 0.2) is 5.69 Å². The van der Waals surface area contributed by atoms with E-state index in [-0.39, 0.29) is 11.6 Å². The second-order valence-corrected chi connectivity index (χ2v) is 3.88. The Balaban J connectivity index is 3.28. The van der Waals surface area contributed by atoms with Gasteiger partial charge in [0.1, 0.15) is 10.4 Å². The molecule has 1 rings (SSSR count). The lowest BCUT2D eigenvalue weighted by molar-refractivity contribution is 0.0689. The molecule has 0 aromatic carbocycles. The summed E-state index contributed by atoms with van der Waals surface area (Å²) in [5, 5.41) is 8.78. The third-order valence-corrected chi connectivity index (χ3v) is 2.69. The average molecular weight is 247 g/mol. The summed E-state index contributed by atoms with van der Waals surface area (Å²) in [5.41, 5.74) is 0.0752. The van der Waals surface area contributed by atoms with Crippen molar-refractivity contribution in [1.29, 1.82) is 0 Å². The Morgan fingerprint density at radius 3 is 2.38 bits per heavy atom. The molecule has 13 heavy (non-hydrogen) atoms. The summed E-state index contributed by atoms with van der Waals surface area (Å²) in [4.78, 5) is 14.7. The quantitative estimate of drug-likeness (QED) is 0.869. The Morgan fingerprint density at radius 2 is 2.15 bits per heavy atom. The predicted molar refractivity (Wildman–Crippen MR) is 52.0 cm³/mol. The summed E-state index contributed by atoms with van der Waals surface area (Å²) < 4.78 is 2.26. The summed E-state index contributed by atoms with van der Waals surface area (Å²) in [6, 6.07) is 0. The first-order valence-corrected chi connectivity index (χ1v) is 4.69. The Bertz CT molecular complexity index is 344. The summed E-state index contributed by atoms with van der Waals surface area (Å²) in [5.74, 6) is -0.0203. The lowest BCUT2D eigenvalue weighted by atomic mass is 10.2. The summed E-state index contributed by atoms with van der Waals surface area (Å²) in [6.45, 7) is 3.95. The maximum absolute atomic E-state index is 10.7. The maximum Gasteiger partial charge on any atom is 0.357 e. The molecule has 0 atom stereocenters. The van der Waals surface area contributed by atoms with Gasteiger partial charge < -0.3 is 9.67 Å². The SMILES string of the molecule is CC(C)c1nc(C(=O)O)c(Br)n1C. The number of carboxylic acid groups (broad SMARTS) is 1. The molecule has 0 saturated carbocycles. The van der Waals surface area contributed by atoms with Crippen LogP contribution in [0.25, 0.3) is 0 Å². The molecule has 1 N–H and O–H groups in total. The van der Waals surface area contributed by atoms with E-state index in [9.17, 15) is 4.79 Å². The van der Waals surface area contributed by atoms with Crippen LogP contribution >= 0.6 is 15.9 Å². The van der Waals surface area contributed by atoms with Crippen LogP contribution in [0.4, 0.5) is 0 Å². The van der Waals surface area contributed by atoms with Gasteiger partial charge in [0.2, 0.25) is 0 Å². The topological polar surface area (TPSA) is 55.1 Å². The van der Waals surface area contributed by atoms with Crippen molar-refractivity contribution >= 4 is 21.9 Å².